The van der Waals surface area contributed by atoms with Crippen LogP contribution in [0, 0.1) is 5.21 Å². The Balaban J connectivity index is 2.36. The average molecular weight is 99.1 g/mol. The lowest BCUT2D eigenvalue weighted by atomic mass is 10.5. The maximum Gasteiger partial charge on any atom is 0.0571 e. The average Bonchev–Trinajstić information content (AvgIpc) is 1.69. The molecule has 1 aliphatic rings. The molecule has 3 nitrogen and oxygen atoms in total. The summed E-state index contributed by atoms with van der Waals surface area (Å²) in [6, 6.07) is 0. The fraction of sp³-hybridized carbons (Fsp3) is 0.500. The fourth-order valence-electron chi connectivity index (χ4n) is 0.481. The summed E-state index contributed by atoms with van der Waals surface area (Å²) in [6.45, 7) is 1.25. The van der Waals surface area contributed by atoms with Crippen molar-refractivity contribution in [2.24, 2.45) is 0 Å². The van der Waals surface area contributed by atoms with Crippen molar-refractivity contribution < 1.29 is 0 Å². The van der Waals surface area contributed by atoms with Crippen LogP contribution < -0.4 is 5.32 Å². The Hall–Kier alpha value is -0.540. The highest BCUT2D eigenvalue weighted by Gasteiger charge is 1.86. The molecule has 0 saturated carbocycles. The molecule has 1 N–H and O–H groups in total. The molecule has 1 heterocycles. The van der Waals surface area contributed by atoms with Crippen molar-refractivity contribution in [3.05, 3.63) is 17.5 Å². The molecule has 0 aliphatic carbocycles. The van der Waals surface area contributed by atoms with Crippen LogP contribution in [0.4, 0.5) is 0 Å². The molecular formula is C4H7N2O-. The summed E-state index contributed by atoms with van der Waals surface area (Å²) in [4.78, 5) is 0. The number of rotatable bonds is 0. The molecule has 1 aliphatic heterocycles. The fourth-order valence-corrected chi connectivity index (χ4v) is 0.481. The van der Waals surface area contributed by atoms with Gasteiger partial charge in [0.05, 0.1) is 6.67 Å². The van der Waals surface area contributed by atoms with E-state index in [-0.39, 0.29) is 0 Å². The van der Waals surface area contributed by atoms with E-state index in [4.69, 9.17) is 0 Å². The molecule has 0 atom stereocenters. The van der Waals surface area contributed by atoms with E-state index in [0.717, 1.165) is 11.6 Å². The van der Waals surface area contributed by atoms with Crippen LogP contribution in [0.25, 0.3) is 0 Å². The SMILES string of the molecule is [O-]N1C=CCNC1. The zero-order valence-electron chi connectivity index (χ0n) is 3.92. The Morgan fingerprint density at radius 1 is 1.71 bits per heavy atom. The van der Waals surface area contributed by atoms with Crippen LogP contribution in [0.1, 0.15) is 0 Å². The van der Waals surface area contributed by atoms with Crippen molar-refractivity contribution in [3.63, 3.8) is 0 Å². The first-order valence-electron chi connectivity index (χ1n) is 2.21. The van der Waals surface area contributed by atoms with Gasteiger partial charge in [-0.1, -0.05) is 6.08 Å². The number of nitrogens with one attached hydrogen (secondary N) is 1. The van der Waals surface area contributed by atoms with E-state index in [2.05, 4.69) is 5.32 Å². The van der Waals surface area contributed by atoms with Crippen LogP contribution in [0.2, 0.25) is 0 Å². The highest BCUT2D eigenvalue weighted by Crippen LogP contribution is 1.86. The van der Waals surface area contributed by atoms with Crippen molar-refractivity contribution in [1.82, 2.24) is 10.4 Å². The Bertz CT molecular complexity index is 81.8. The molecule has 0 unspecified atom stereocenters. The molecule has 0 amide bonds. The maximum atomic E-state index is 10.2. The number of hydrogen-bond acceptors (Lipinski definition) is 3. The molecule has 0 aromatic heterocycles. The van der Waals surface area contributed by atoms with Crippen LogP contribution in [0.3, 0.4) is 0 Å². The van der Waals surface area contributed by atoms with Gasteiger partial charge in [0.1, 0.15) is 0 Å². The van der Waals surface area contributed by atoms with Crippen molar-refractivity contribution in [1.29, 1.82) is 0 Å². The normalized spacial score (nSPS) is 20.4. The van der Waals surface area contributed by atoms with Crippen LogP contribution in [0.15, 0.2) is 12.3 Å². The Kier molecular flexibility index (Phi) is 1.29. The summed E-state index contributed by atoms with van der Waals surface area (Å²) in [5.41, 5.74) is 0. The van der Waals surface area contributed by atoms with Gasteiger partial charge < -0.3 is 10.3 Å². The Morgan fingerprint density at radius 3 is 2.86 bits per heavy atom. The summed E-state index contributed by atoms with van der Waals surface area (Å²) in [5, 5.41) is 13.9. The standard InChI is InChI=1S/C4H7N2O/c7-6-3-1-2-5-4-6/h1,3,5H,2,4H2/q-1. The van der Waals surface area contributed by atoms with Crippen LogP contribution in [-0.2, 0) is 0 Å². The largest absolute Gasteiger partial charge is 0.758 e. The topological polar surface area (TPSA) is 38.3 Å². The van der Waals surface area contributed by atoms with E-state index < -0.39 is 0 Å². The van der Waals surface area contributed by atoms with Crippen LogP contribution >= 0.6 is 0 Å². The zero-order chi connectivity index (χ0) is 5.11. The predicted molar refractivity (Wildman–Crippen MR) is 27.2 cm³/mol. The van der Waals surface area contributed by atoms with E-state index in [1.165, 1.54) is 6.20 Å². The minimum atomic E-state index is 0.427. The van der Waals surface area contributed by atoms with Gasteiger partial charge in [0.25, 0.3) is 0 Å². The number of hydroxylamine groups is 2. The number of nitrogens with zero attached hydrogens (tertiary/aromatic N) is 1. The van der Waals surface area contributed by atoms with Gasteiger partial charge in [-0.15, -0.1) is 0 Å². The zero-order valence-corrected chi connectivity index (χ0v) is 3.92. The Labute approximate surface area is 42.2 Å². The summed E-state index contributed by atoms with van der Waals surface area (Å²) >= 11 is 0. The molecular weight excluding hydrogens is 92.1 g/mol. The smallest absolute Gasteiger partial charge is 0.0571 e. The lowest BCUT2D eigenvalue weighted by molar-refractivity contribution is 0.439. The molecule has 0 saturated heterocycles. The third kappa shape index (κ3) is 1.17. The summed E-state index contributed by atoms with van der Waals surface area (Å²) in [7, 11) is 0. The Morgan fingerprint density at radius 2 is 2.57 bits per heavy atom. The molecule has 40 valence electrons. The second-order valence-electron chi connectivity index (χ2n) is 1.41. The van der Waals surface area contributed by atoms with Gasteiger partial charge in [-0.2, -0.15) is 0 Å². The quantitative estimate of drug-likeness (QED) is 0.459. The van der Waals surface area contributed by atoms with Crippen molar-refractivity contribution in [2.75, 3.05) is 13.2 Å². The van der Waals surface area contributed by atoms with E-state index in [1.807, 2.05) is 0 Å². The molecule has 0 fully saturated rings. The molecule has 0 spiro atoms. The van der Waals surface area contributed by atoms with Gasteiger partial charge in [0.15, 0.2) is 0 Å². The van der Waals surface area contributed by atoms with Gasteiger partial charge in [0.2, 0.25) is 0 Å². The van der Waals surface area contributed by atoms with Gasteiger partial charge in [-0.3, -0.25) is 5.32 Å². The van der Waals surface area contributed by atoms with Gasteiger partial charge >= 0.3 is 0 Å². The van der Waals surface area contributed by atoms with Crippen molar-refractivity contribution in [2.45, 2.75) is 0 Å². The van der Waals surface area contributed by atoms with Crippen molar-refractivity contribution >= 4 is 0 Å². The summed E-state index contributed by atoms with van der Waals surface area (Å²) < 4.78 is 0. The minimum absolute atomic E-state index is 0.427. The summed E-state index contributed by atoms with van der Waals surface area (Å²) in [6.07, 6.45) is 3.31. The monoisotopic (exact) mass is 99.1 g/mol. The first-order chi connectivity index (χ1) is 3.39. The third-order valence-electron chi connectivity index (χ3n) is 0.802. The molecule has 3 heteroatoms. The lowest BCUT2D eigenvalue weighted by Gasteiger charge is -2.28. The van der Waals surface area contributed by atoms with Gasteiger partial charge in [-0.05, 0) is 6.20 Å². The molecule has 0 bridgehead atoms. The van der Waals surface area contributed by atoms with E-state index in [9.17, 15) is 5.21 Å². The second kappa shape index (κ2) is 1.95. The summed E-state index contributed by atoms with van der Waals surface area (Å²) in [5.74, 6) is 0. The lowest BCUT2D eigenvalue weighted by Crippen LogP contribution is -2.30. The number of hydrogen-bond donors (Lipinski definition) is 1. The van der Waals surface area contributed by atoms with E-state index in [1.54, 1.807) is 6.08 Å². The van der Waals surface area contributed by atoms with E-state index in [0.29, 0.717) is 6.67 Å². The highest BCUT2D eigenvalue weighted by atomic mass is 16.5. The molecule has 0 aromatic carbocycles. The first-order valence-corrected chi connectivity index (χ1v) is 2.21. The third-order valence-corrected chi connectivity index (χ3v) is 0.802. The second-order valence-corrected chi connectivity index (χ2v) is 1.41. The van der Waals surface area contributed by atoms with Crippen LogP contribution in [-0.4, -0.2) is 18.3 Å². The van der Waals surface area contributed by atoms with Crippen molar-refractivity contribution in [3.8, 4) is 0 Å². The molecule has 0 radical (unpaired) electrons. The molecule has 7 heavy (non-hydrogen) atoms. The van der Waals surface area contributed by atoms with Crippen LogP contribution in [0.5, 0.6) is 0 Å². The highest BCUT2D eigenvalue weighted by molar-refractivity contribution is 4.88. The first kappa shape index (κ1) is 4.61. The molecule has 1 rings (SSSR count). The van der Waals surface area contributed by atoms with E-state index >= 15 is 0 Å². The minimum Gasteiger partial charge on any atom is -0.758 e. The maximum absolute atomic E-state index is 10.2. The molecule has 0 aromatic rings. The van der Waals surface area contributed by atoms with Gasteiger partial charge in [0, 0.05) is 6.54 Å². The predicted octanol–water partition coefficient (Wildman–Crippen LogP) is -0.139. The van der Waals surface area contributed by atoms with Gasteiger partial charge in [-0.25, -0.2) is 0 Å².